The molecule has 0 spiro atoms. The van der Waals surface area contributed by atoms with Gasteiger partial charge in [-0.15, -0.1) is 0 Å². The molecule has 2 saturated heterocycles. The van der Waals surface area contributed by atoms with Crippen LogP contribution in [0.4, 0.5) is 0 Å². The van der Waals surface area contributed by atoms with Crippen LogP contribution in [0.5, 0.6) is 0 Å². The molecular weight excluding hydrogens is 410 g/mol. The number of Topliss-reactive ketones (excluding diaryl/α,β-unsaturated/α-hetero) is 1. The Morgan fingerprint density at radius 3 is 2.52 bits per heavy atom. The van der Waals surface area contributed by atoms with Crippen LogP contribution in [0.1, 0.15) is 55.7 Å². The Balaban J connectivity index is 1.39. The predicted molar refractivity (Wildman–Crippen MR) is 124 cm³/mol. The average Bonchev–Trinajstić information content (AvgIpc) is 3.45. The molecule has 1 aromatic carbocycles. The molecule has 1 amide bonds. The highest BCUT2D eigenvalue weighted by Gasteiger charge is 2.33. The molecule has 1 saturated carbocycles. The lowest BCUT2D eigenvalue weighted by atomic mass is 9.92. The third-order valence-electron chi connectivity index (χ3n) is 7.56. The Bertz CT molecular complexity index is 815. The number of nitrogens with one attached hydrogen (secondary N) is 1. The van der Waals surface area contributed by atoms with Crippen molar-refractivity contribution in [3.05, 3.63) is 33.8 Å². The Morgan fingerprint density at radius 1 is 1.10 bits per heavy atom. The summed E-state index contributed by atoms with van der Waals surface area (Å²) in [6, 6.07) is 4.24. The number of carbonyl (C=O) groups is 2. The molecule has 1 aromatic rings. The van der Waals surface area contributed by atoms with Crippen molar-refractivity contribution in [1.29, 1.82) is 0 Å². The summed E-state index contributed by atoms with van der Waals surface area (Å²) >= 11 is 6.45. The van der Waals surface area contributed by atoms with E-state index in [0.717, 1.165) is 64.1 Å². The summed E-state index contributed by atoms with van der Waals surface area (Å²) in [4.78, 5) is 30.1. The van der Waals surface area contributed by atoms with Gasteiger partial charge in [0, 0.05) is 62.0 Å². The minimum absolute atomic E-state index is 0.133. The summed E-state index contributed by atoms with van der Waals surface area (Å²) in [6.45, 7) is 9.40. The van der Waals surface area contributed by atoms with E-state index in [1.807, 2.05) is 12.1 Å². The van der Waals surface area contributed by atoms with Crippen molar-refractivity contribution in [2.75, 3.05) is 32.7 Å². The highest BCUT2D eigenvalue weighted by atomic mass is 35.5. The summed E-state index contributed by atoms with van der Waals surface area (Å²) in [5, 5.41) is 3.99. The normalized spacial score (nSPS) is 25.3. The Morgan fingerprint density at radius 2 is 1.84 bits per heavy atom. The van der Waals surface area contributed by atoms with Crippen LogP contribution in [0.15, 0.2) is 12.1 Å². The second kappa shape index (κ2) is 10.0. The van der Waals surface area contributed by atoms with Crippen molar-refractivity contribution in [2.24, 2.45) is 11.8 Å². The van der Waals surface area contributed by atoms with Gasteiger partial charge in [0.2, 0.25) is 5.91 Å². The summed E-state index contributed by atoms with van der Waals surface area (Å²) in [5.74, 6) is 1.06. The lowest BCUT2D eigenvalue weighted by molar-refractivity contribution is -0.140. The number of hydrogen-bond acceptors (Lipinski definition) is 4. The van der Waals surface area contributed by atoms with Gasteiger partial charge in [0.1, 0.15) is 5.78 Å². The zero-order valence-electron chi connectivity index (χ0n) is 19.0. The first-order valence-electron chi connectivity index (χ1n) is 12.0. The minimum atomic E-state index is 0.133. The Labute approximate surface area is 191 Å². The zero-order chi connectivity index (χ0) is 22.0. The molecule has 2 atom stereocenters. The van der Waals surface area contributed by atoms with Crippen LogP contribution in [0.3, 0.4) is 0 Å². The van der Waals surface area contributed by atoms with Gasteiger partial charge in [0.15, 0.2) is 0 Å². The predicted octanol–water partition coefficient (Wildman–Crippen LogP) is 3.59. The maximum absolute atomic E-state index is 12.9. The van der Waals surface area contributed by atoms with Crippen LogP contribution in [-0.4, -0.2) is 60.3 Å². The van der Waals surface area contributed by atoms with Crippen molar-refractivity contribution in [2.45, 2.75) is 65.0 Å². The van der Waals surface area contributed by atoms with Gasteiger partial charge < -0.3 is 10.2 Å². The number of nitrogens with zero attached hydrogens (tertiary/aromatic N) is 2. The van der Waals surface area contributed by atoms with E-state index >= 15 is 0 Å². The molecule has 3 fully saturated rings. The lowest BCUT2D eigenvalue weighted by Gasteiger charge is -2.41. The topological polar surface area (TPSA) is 52.7 Å². The minimum Gasteiger partial charge on any atom is -0.337 e. The molecule has 1 N–H and O–H groups in total. The molecule has 31 heavy (non-hydrogen) atoms. The molecule has 3 aliphatic rings. The fraction of sp³-hybridized carbons (Fsp3) is 0.680. The van der Waals surface area contributed by atoms with Crippen molar-refractivity contribution < 1.29 is 9.59 Å². The SMILES string of the molecule is Cc1c(CC(=O)[C@@H]2CCNC2)cc(Cl)cc1CN1CCN(C(=O)C2CCCC2)[C@@H](C)C1. The number of benzene rings is 1. The van der Waals surface area contributed by atoms with Crippen LogP contribution in [0.25, 0.3) is 0 Å². The van der Waals surface area contributed by atoms with Crippen molar-refractivity contribution in [1.82, 2.24) is 15.1 Å². The van der Waals surface area contributed by atoms with Gasteiger partial charge in [-0.05, 0) is 68.5 Å². The van der Waals surface area contributed by atoms with Gasteiger partial charge in [-0.25, -0.2) is 0 Å². The maximum Gasteiger partial charge on any atom is 0.226 e. The van der Waals surface area contributed by atoms with E-state index in [0.29, 0.717) is 23.1 Å². The van der Waals surface area contributed by atoms with Gasteiger partial charge in [-0.3, -0.25) is 14.5 Å². The molecule has 2 aliphatic heterocycles. The van der Waals surface area contributed by atoms with E-state index in [-0.39, 0.29) is 17.9 Å². The third kappa shape index (κ3) is 5.32. The maximum atomic E-state index is 12.9. The number of halogens is 1. The number of rotatable bonds is 6. The van der Waals surface area contributed by atoms with E-state index < -0.39 is 0 Å². The van der Waals surface area contributed by atoms with Crippen LogP contribution in [0, 0.1) is 18.8 Å². The average molecular weight is 446 g/mol. The lowest BCUT2D eigenvalue weighted by Crippen LogP contribution is -2.54. The second-order valence-electron chi connectivity index (χ2n) is 9.78. The number of piperazine rings is 1. The summed E-state index contributed by atoms with van der Waals surface area (Å²) in [5.41, 5.74) is 3.44. The van der Waals surface area contributed by atoms with Gasteiger partial charge in [-0.1, -0.05) is 24.4 Å². The first-order chi connectivity index (χ1) is 14.9. The largest absolute Gasteiger partial charge is 0.337 e. The highest BCUT2D eigenvalue weighted by molar-refractivity contribution is 6.30. The molecule has 170 valence electrons. The first kappa shape index (κ1) is 22.8. The summed E-state index contributed by atoms with van der Waals surface area (Å²) < 4.78 is 0. The Hall–Kier alpha value is -1.43. The standard InChI is InChI=1S/C25H36ClN3O2/c1-17-15-28(9-10-29(17)25(31)19-5-3-4-6-19)16-22-12-23(26)11-21(18(22)2)13-24(30)20-7-8-27-14-20/h11-12,17,19-20,27H,3-10,13-16H2,1-2H3/t17-,20+/m0/s1. The van der Waals surface area contributed by atoms with E-state index in [9.17, 15) is 9.59 Å². The van der Waals surface area contributed by atoms with E-state index in [4.69, 9.17) is 11.6 Å². The van der Waals surface area contributed by atoms with E-state index in [2.05, 4.69) is 29.0 Å². The number of carbonyl (C=O) groups excluding carboxylic acids is 2. The molecule has 0 radical (unpaired) electrons. The number of ketones is 1. The molecule has 5 nitrogen and oxygen atoms in total. The molecule has 0 unspecified atom stereocenters. The second-order valence-corrected chi connectivity index (χ2v) is 10.2. The third-order valence-corrected chi connectivity index (χ3v) is 7.78. The van der Waals surface area contributed by atoms with Crippen LogP contribution < -0.4 is 5.32 Å². The molecule has 2 heterocycles. The Kier molecular flexibility index (Phi) is 7.35. The number of amides is 1. The van der Waals surface area contributed by atoms with E-state index in [1.54, 1.807) is 0 Å². The van der Waals surface area contributed by atoms with Crippen molar-refractivity contribution in [3.63, 3.8) is 0 Å². The van der Waals surface area contributed by atoms with Crippen LogP contribution >= 0.6 is 11.6 Å². The quantitative estimate of drug-likeness (QED) is 0.727. The van der Waals surface area contributed by atoms with Gasteiger partial charge in [0.05, 0.1) is 0 Å². The van der Waals surface area contributed by atoms with Crippen molar-refractivity contribution in [3.8, 4) is 0 Å². The first-order valence-corrected chi connectivity index (χ1v) is 12.3. The van der Waals surface area contributed by atoms with E-state index in [1.165, 1.54) is 24.0 Å². The van der Waals surface area contributed by atoms with Gasteiger partial charge in [-0.2, -0.15) is 0 Å². The molecule has 1 aliphatic carbocycles. The molecular formula is C25H36ClN3O2. The monoisotopic (exact) mass is 445 g/mol. The van der Waals surface area contributed by atoms with Crippen LogP contribution in [0.2, 0.25) is 5.02 Å². The molecule has 0 bridgehead atoms. The highest BCUT2D eigenvalue weighted by Crippen LogP contribution is 2.29. The fourth-order valence-electron chi connectivity index (χ4n) is 5.56. The summed E-state index contributed by atoms with van der Waals surface area (Å²) in [7, 11) is 0. The van der Waals surface area contributed by atoms with Crippen molar-refractivity contribution >= 4 is 23.3 Å². The fourth-order valence-corrected chi connectivity index (χ4v) is 5.82. The summed E-state index contributed by atoms with van der Waals surface area (Å²) in [6.07, 6.45) is 5.92. The zero-order valence-corrected chi connectivity index (χ0v) is 19.7. The van der Waals surface area contributed by atoms with Gasteiger partial charge >= 0.3 is 0 Å². The smallest absolute Gasteiger partial charge is 0.226 e. The molecule has 4 rings (SSSR count). The molecule has 6 heteroatoms. The van der Waals surface area contributed by atoms with Gasteiger partial charge in [0.25, 0.3) is 0 Å². The number of hydrogen-bond donors (Lipinski definition) is 1. The van der Waals surface area contributed by atoms with Crippen LogP contribution in [-0.2, 0) is 22.6 Å². The molecule has 0 aromatic heterocycles.